The molecular formula is C38H34ClNO6. The summed E-state index contributed by atoms with van der Waals surface area (Å²) in [7, 11) is 1.42. The van der Waals surface area contributed by atoms with Crippen LogP contribution < -0.4 is 4.74 Å². The monoisotopic (exact) mass is 635 g/mol. The summed E-state index contributed by atoms with van der Waals surface area (Å²) in [4.78, 5) is 58.9. The minimum Gasteiger partial charge on any atom is -0.503 e. The average molecular weight is 636 g/mol. The minimum absolute atomic E-state index is 0.0434. The van der Waals surface area contributed by atoms with Crippen LogP contribution in [0.3, 0.4) is 0 Å². The van der Waals surface area contributed by atoms with E-state index in [2.05, 4.69) is 0 Å². The summed E-state index contributed by atoms with van der Waals surface area (Å²) in [6.45, 7) is 2.28. The highest BCUT2D eigenvalue weighted by Gasteiger charge is 2.65. The number of phenols is 1. The molecule has 7 nitrogen and oxygen atoms in total. The smallest absolute Gasteiger partial charge is 0.233 e. The van der Waals surface area contributed by atoms with E-state index in [1.165, 1.54) is 18.1 Å². The Bertz CT molecular complexity index is 1830. The maximum atomic E-state index is 15.0. The van der Waals surface area contributed by atoms with Crippen LogP contribution in [0.15, 0.2) is 90.5 Å². The SMILES string of the molecule is CCCN1C(=O)[C@H]2[C@H](CC=C3[C@H]2C[C@H]2C(=O)C(c4ccccc4)=CC(=O)[C@@]2(c2ccccc2)[C@H]3c2cc(Cl)c(O)c(OC)c2)C1=O. The number of amides is 2. The number of nitrogens with zero attached hydrogens (tertiary/aromatic N) is 1. The molecule has 3 aromatic rings. The van der Waals surface area contributed by atoms with Gasteiger partial charge in [-0.1, -0.05) is 90.8 Å². The molecule has 6 atom stereocenters. The number of Topliss-reactive ketones (excluding diaryl/α,β-unsaturated/α-hetero) is 1. The molecule has 1 saturated heterocycles. The van der Waals surface area contributed by atoms with E-state index < -0.39 is 35.0 Å². The van der Waals surface area contributed by atoms with E-state index in [-0.39, 0.29) is 46.3 Å². The molecule has 3 aromatic carbocycles. The molecule has 7 rings (SSSR count). The first-order valence-electron chi connectivity index (χ1n) is 15.8. The van der Waals surface area contributed by atoms with E-state index in [1.807, 2.05) is 73.7 Å². The number of benzene rings is 3. The molecule has 8 heteroatoms. The van der Waals surface area contributed by atoms with Crippen LogP contribution in [0.1, 0.15) is 48.8 Å². The number of ketones is 2. The third kappa shape index (κ3) is 4.24. The Morgan fingerprint density at radius 3 is 2.33 bits per heavy atom. The van der Waals surface area contributed by atoms with Gasteiger partial charge in [-0.15, -0.1) is 0 Å². The zero-order chi connectivity index (χ0) is 32.3. The largest absolute Gasteiger partial charge is 0.503 e. The van der Waals surface area contributed by atoms with E-state index in [4.69, 9.17) is 16.3 Å². The van der Waals surface area contributed by atoms with Crippen LogP contribution in [0.2, 0.25) is 5.02 Å². The fourth-order valence-electron chi connectivity index (χ4n) is 8.67. The summed E-state index contributed by atoms with van der Waals surface area (Å²) < 4.78 is 5.51. The van der Waals surface area contributed by atoms with E-state index in [1.54, 1.807) is 12.1 Å². The normalized spacial score (nSPS) is 28.7. The molecule has 0 aromatic heterocycles. The second kappa shape index (κ2) is 11.4. The highest BCUT2D eigenvalue weighted by Crippen LogP contribution is 2.64. The average Bonchev–Trinajstić information content (AvgIpc) is 3.32. The molecule has 46 heavy (non-hydrogen) atoms. The molecule has 1 N–H and O–H groups in total. The number of methoxy groups -OCH3 is 1. The number of phenolic OH excluding ortho intramolecular Hbond substituents is 1. The lowest BCUT2D eigenvalue weighted by Crippen LogP contribution is -2.58. The summed E-state index contributed by atoms with van der Waals surface area (Å²) in [6, 6.07) is 21.8. The maximum absolute atomic E-state index is 15.0. The zero-order valence-electron chi connectivity index (χ0n) is 25.6. The third-order valence-corrected chi connectivity index (χ3v) is 10.8. The lowest BCUT2D eigenvalue weighted by molar-refractivity contribution is -0.140. The summed E-state index contributed by atoms with van der Waals surface area (Å²) >= 11 is 6.59. The van der Waals surface area contributed by atoms with E-state index in [9.17, 15) is 19.5 Å². The maximum Gasteiger partial charge on any atom is 0.233 e. The van der Waals surface area contributed by atoms with Gasteiger partial charge in [-0.05, 0) is 60.1 Å². The second-order valence-electron chi connectivity index (χ2n) is 12.7. The zero-order valence-corrected chi connectivity index (χ0v) is 26.4. The fourth-order valence-corrected chi connectivity index (χ4v) is 8.89. The predicted molar refractivity (Wildman–Crippen MR) is 173 cm³/mol. The number of fused-ring (bicyclic) bond motifs is 4. The molecule has 3 aliphatic carbocycles. The number of rotatable bonds is 6. The standard InChI is InChI=1S/C38H34ClNO6/c1-3-16-40-36(44)25-15-14-24-27(32(25)37(40)45)19-28-34(42)26(21-10-6-4-7-11-21)20-31(41)38(28,23-12-8-5-9-13-23)33(24)22-17-29(39)35(43)30(18-22)46-2/h4-14,17-18,20,25,27-28,32-33,43H,3,15-16,19H2,1-2H3/t25-,27+,28-,32-,33-,38-/m0/s1. The molecular weight excluding hydrogens is 602 g/mol. The van der Waals surface area contributed by atoms with E-state index in [0.29, 0.717) is 41.6 Å². The number of aromatic hydroxyl groups is 1. The predicted octanol–water partition coefficient (Wildman–Crippen LogP) is 6.29. The van der Waals surface area contributed by atoms with Gasteiger partial charge in [0.15, 0.2) is 23.1 Å². The molecule has 4 aliphatic rings. The number of hydrogen-bond acceptors (Lipinski definition) is 6. The minimum atomic E-state index is -1.38. The van der Waals surface area contributed by atoms with Crippen LogP contribution in [-0.4, -0.2) is 47.0 Å². The number of carbonyl (C=O) groups excluding carboxylic acids is 4. The molecule has 0 spiro atoms. The highest BCUT2D eigenvalue weighted by molar-refractivity contribution is 6.33. The Kier molecular flexibility index (Phi) is 7.47. The summed E-state index contributed by atoms with van der Waals surface area (Å²) in [5, 5.41) is 10.7. The third-order valence-electron chi connectivity index (χ3n) is 10.5. The first-order valence-corrected chi connectivity index (χ1v) is 16.1. The van der Waals surface area contributed by atoms with Crippen molar-refractivity contribution in [2.75, 3.05) is 13.7 Å². The number of likely N-dealkylation sites (tertiary alicyclic amines) is 1. The molecule has 2 amide bonds. The highest BCUT2D eigenvalue weighted by atomic mass is 35.5. The molecule has 0 unspecified atom stereocenters. The Labute approximate surface area is 272 Å². The first-order chi connectivity index (χ1) is 22.2. The van der Waals surface area contributed by atoms with Gasteiger partial charge in [0.25, 0.3) is 0 Å². The molecule has 234 valence electrons. The summed E-state index contributed by atoms with van der Waals surface area (Å²) in [6.07, 6.45) is 4.72. The Morgan fingerprint density at radius 1 is 0.957 bits per heavy atom. The second-order valence-corrected chi connectivity index (χ2v) is 13.1. The number of hydrogen-bond donors (Lipinski definition) is 1. The van der Waals surface area contributed by atoms with Crippen LogP contribution in [-0.2, 0) is 24.6 Å². The molecule has 2 fully saturated rings. The van der Waals surface area contributed by atoms with Gasteiger partial charge in [-0.2, -0.15) is 0 Å². The number of imide groups is 1. The van der Waals surface area contributed by atoms with Crippen molar-refractivity contribution in [3.05, 3.63) is 112 Å². The van der Waals surface area contributed by atoms with Gasteiger partial charge < -0.3 is 9.84 Å². The molecule has 0 bridgehead atoms. The van der Waals surface area contributed by atoms with Crippen molar-refractivity contribution in [1.29, 1.82) is 0 Å². The van der Waals surface area contributed by atoms with Crippen LogP contribution in [0.5, 0.6) is 11.5 Å². The fraction of sp³-hybridized carbons (Fsp3) is 0.316. The van der Waals surface area contributed by atoms with Gasteiger partial charge in [0.2, 0.25) is 11.8 Å². The van der Waals surface area contributed by atoms with Crippen molar-refractivity contribution in [2.24, 2.45) is 23.7 Å². The molecule has 1 saturated carbocycles. The van der Waals surface area contributed by atoms with Crippen molar-refractivity contribution in [3.63, 3.8) is 0 Å². The van der Waals surface area contributed by atoms with Crippen LogP contribution in [0.4, 0.5) is 0 Å². The molecule has 1 heterocycles. The van der Waals surface area contributed by atoms with Crippen LogP contribution in [0, 0.1) is 23.7 Å². The van der Waals surface area contributed by atoms with E-state index in [0.717, 1.165) is 5.57 Å². The number of carbonyl (C=O) groups is 4. The van der Waals surface area contributed by atoms with Gasteiger partial charge in [0, 0.05) is 24.0 Å². The topological polar surface area (TPSA) is 101 Å². The Balaban J connectivity index is 1.52. The van der Waals surface area contributed by atoms with Gasteiger partial charge in [-0.3, -0.25) is 24.1 Å². The van der Waals surface area contributed by atoms with Crippen LogP contribution >= 0.6 is 11.6 Å². The summed E-state index contributed by atoms with van der Waals surface area (Å²) in [5.74, 6) is -4.10. The Hall–Kier alpha value is -4.49. The van der Waals surface area contributed by atoms with Crippen molar-refractivity contribution in [2.45, 2.75) is 37.5 Å². The molecule has 0 radical (unpaired) electrons. The lowest BCUT2D eigenvalue weighted by Gasteiger charge is -2.55. The Morgan fingerprint density at radius 2 is 1.65 bits per heavy atom. The lowest BCUT2D eigenvalue weighted by atomic mass is 9.44. The molecule has 1 aliphatic heterocycles. The number of halogens is 1. The van der Waals surface area contributed by atoms with E-state index >= 15 is 4.79 Å². The number of ether oxygens (including phenoxy) is 1. The van der Waals surface area contributed by atoms with Crippen molar-refractivity contribution in [3.8, 4) is 11.5 Å². The quantitative estimate of drug-likeness (QED) is 0.252. The van der Waals surface area contributed by atoms with Gasteiger partial charge in [0.05, 0.1) is 29.4 Å². The van der Waals surface area contributed by atoms with Crippen molar-refractivity contribution >= 4 is 40.6 Å². The van der Waals surface area contributed by atoms with Gasteiger partial charge >= 0.3 is 0 Å². The van der Waals surface area contributed by atoms with Gasteiger partial charge in [0.1, 0.15) is 0 Å². The van der Waals surface area contributed by atoms with Gasteiger partial charge in [-0.25, -0.2) is 0 Å². The van der Waals surface area contributed by atoms with Crippen LogP contribution in [0.25, 0.3) is 5.57 Å². The van der Waals surface area contributed by atoms with Crippen molar-refractivity contribution in [1.82, 2.24) is 4.90 Å². The first kappa shape index (κ1) is 30.2. The summed E-state index contributed by atoms with van der Waals surface area (Å²) in [5.41, 5.74) is 1.70. The van der Waals surface area contributed by atoms with Crippen molar-refractivity contribution < 1.29 is 29.0 Å². The number of allylic oxidation sites excluding steroid dienone is 4.